The maximum absolute atomic E-state index is 10.9. The van der Waals surface area contributed by atoms with Crippen molar-refractivity contribution in [3.8, 4) is 0 Å². The van der Waals surface area contributed by atoms with Gasteiger partial charge in [-0.15, -0.1) is 0 Å². The lowest BCUT2D eigenvalue weighted by Crippen LogP contribution is -2.65. The van der Waals surface area contributed by atoms with Gasteiger partial charge in [0.2, 0.25) is 5.91 Å². The topological polar surface area (TPSA) is 86.6 Å². The van der Waals surface area contributed by atoms with Gasteiger partial charge in [-0.2, -0.15) is 0 Å². The first-order valence-electron chi connectivity index (χ1n) is 4.16. The summed E-state index contributed by atoms with van der Waals surface area (Å²) in [6.07, 6.45) is -0.791. The number of β-lactam (4-membered cyclic amide) rings is 1. The monoisotopic (exact) mass is 187 g/mol. The van der Waals surface area contributed by atoms with Crippen molar-refractivity contribution in [3.05, 3.63) is 0 Å². The van der Waals surface area contributed by atoms with Gasteiger partial charge in [0, 0.05) is 0 Å². The Morgan fingerprint density at radius 2 is 2.08 bits per heavy atom. The van der Waals surface area contributed by atoms with E-state index in [1.807, 2.05) is 0 Å². The van der Waals surface area contributed by atoms with Crippen LogP contribution >= 0.6 is 0 Å². The van der Waals surface area contributed by atoms with E-state index in [1.54, 1.807) is 0 Å². The molecule has 1 rings (SSSR count). The molecule has 1 amide bonds. The molecule has 74 valence electrons. The summed E-state index contributed by atoms with van der Waals surface area (Å²) in [5, 5.41) is 20.3. The second-order valence-corrected chi connectivity index (χ2v) is 3.43. The highest BCUT2D eigenvalue weighted by Crippen LogP contribution is 2.25. The van der Waals surface area contributed by atoms with Crippen LogP contribution in [0.3, 0.4) is 0 Å². The minimum absolute atomic E-state index is 0.270. The molecule has 13 heavy (non-hydrogen) atoms. The second-order valence-electron chi connectivity index (χ2n) is 3.43. The van der Waals surface area contributed by atoms with Gasteiger partial charge in [0.25, 0.3) is 0 Å². The van der Waals surface area contributed by atoms with Crippen molar-refractivity contribution in [2.24, 2.45) is 11.8 Å². The lowest BCUT2D eigenvalue weighted by Gasteiger charge is -2.40. The fraction of sp³-hybridized carbons (Fsp3) is 0.750. The number of aliphatic hydroxyl groups is 1. The Labute approximate surface area is 75.7 Å². The first kappa shape index (κ1) is 9.98. The number of hydrogen-bond donors (Lipinski definition) is 3. The number of aliphatic hydroxyl groups excluding tert-OH is 1. The van der Waals surface area contributed by atoms with Gasteiger partial charge < -0.3 is 15.5 Å². The smallest absolute Gasteiger partial charge is 0.308 e. The highest BCUT2D eigenvalue weighted by Gasteiger charge is 2.47. The lowest BCUT2D eigenvalue weighted by molar-refractivity contribution is -0.151. The van der Waals surface area contributed by atoms with Gasteiger partial charge in [-0.3, -0.25) is 9.59 Å². The maximum atomic E-state index is 10.9. The molecule has 1 aliphatic rings. The Kier molecular flexibility index (Phi) is 2.56. The molecule has 0 aromatic rings. The molecule has 3 unspecified atom stereocenters. The summed E-state index contributed by atoms with van der Waals surface area (Å²) in [5.41, 5.74) is 0. The van der Waals surface area contributed by atoms with Gasteiger partial charge in [0.1, 0.15) is 0 Å². The zero-order valence-corrected chi connectivity index (χ0v) is 7.52. The molecule has 5 heteroatoms. The minimum Gasteiger partial charge on any atom is -0.481 e. The fourth-order valence-corrected chi connectivity index (χ4v) is 1.53. The SMILES string of the molecule is CC(C(=O)O)C1NC(=O)C1[C@@H](C)O. The molecule has 0 aromatic heterocycles. The number of carboxylic acid groups (broad SMARTS) is 1. The summed E-state index contributed by atoms with van der Waals surface area (Å²) in [5.74, 6) is -2.47. The van der Waals surface area contributed by atoms with Crippen molar-refractivity contribution in [1.29, 1.82) is 0 Å². The van der Waals surface area contributed by atoms with Gasteiger partial charge >= 0.3 is 5.97 Å². The molecule has 5 nitrogen and oxygen atoms in total. The van der Waals surface area contributed by atoms with Crippen molar-refractivity contribution >= 4 is 11.9 Å². The van der Waals surface area contributed by atoms with E-state index >= 15 is 0 Å². The predicted molar refractivity (Wildman–Crippen MR) is 43.9 cm³/mol. The average Bonchev–Trinajstić information content (AvgIpc) is 1.97. The van der Waals surface area contributed by atoms with Gasteiger partial charge in [-0.25, -0.2) is 0 Å². The zero-order chi connectivity index (χ0) is 10.2. The molecule has 0 aliphatic carbocycles. The van der Waals surface area contributed by atoms with Crippen molar-refractivity contribution < 1.29 is 19.8 Å². The van der Waals surface area contributed by atoms with Gasteiger partial charge in [-0.1, -0.05) is 0 Å². The average molecular weight is 187 g/mol. The molecular weight excluding hydrogens is 174 g/mol. The lowest BCUT2D eigenvalue weighted by atomic mass is 9.79. The molecule has 3 N–H and O–H groups in total. The summed E-state index contributed by atoms with van der Waals surface area (Å²) >= 11 is 0. The van der Waals surface area contributed by atoms with E-state index in [0.717, 1.165) is 0 Å². The molecular formula is C8H13NO4. The van der Waals surface area contributed by atoms with Gasteiger partial charge in [0.05, 0.1) is 24.0 Å². The van der Waals surface area contributed by atoms with Crippen LogP contribution in [0.5, 0.6) is 0 Å². The van der Waals surface area contributed by atoms with Crippen molar-refractivity contribution in [3.63, 3.8) is 0 Å². The van der Waals surface area contributed by atoms with E-state index < -0.39 is 30.0 Å². The Balaban J connectivity index is 2.64. The normalized spacial score (nSPS) is 31.5. The Hall–Kier alpha value is -1.10. The third-order valence-corrected chi connectivity index (χ3v) is 2.45. The standard InChI is InChI=1S/C8H13NO4/c1-3(8(12)13)6-5(4(2)10)7(11)9-6/h3-6,10H,1-2H3,(H,9,11)(H,12,13)/t3?,4-,5?,6?/m1/s1. The number of rotatable bonds is 3. The van der Waals surface area contributed by atoms with Gasteiger partial charge in [0.15, 0.2) is 0 Å². The molecule has 0 saturated carbocycles. The third-order valence-electron chi connectivity index (χ3n) is 2.45. The molecule has 0 aromatic carbocycles. The minimum atomic E-state index is -0.962. The van der Waals surface area contributed by atoms with Crippen LogP contribution in [-0.2, 0) is 9.59 Å². The molecule has 1 fully saturated rings. The highest BCUT2D eigenvalue weighted by atomic mass is 16.4. The van der Waals surface area contributed by atoms with Crippen LogP contribution in [0.4, 0.5) is 0 Å². The van der Waals surface area contributed by atoms with Crippen molar-refractivity contribution in [2.45, 2.75) is 26.0 Å². The summed E-state index contributed by atoms with van der Waals surface area (Å²) < 4.78 is 0. The van der Waals surface area contributed by atoms with E-state index in [0.29, 0.717) is 0 Å². The maximum Gasteiger partial charge on any atom is 0.308 e. The Bertz CT molecular complexity index is 238. The Morgan fingerprint density at radius 3 is 2.38 bits per heavy atom. The summed E-state index contributed by atoms with van der Waals surface area (Å²) in [7, 11) is 0. The molecule has 1 saturated heterocycles. The van der Waals surface area contributed by atoms with Crippen LogP contribution in [0.25, 0.3) is 0 Å². The molecule has 1 heterocycles. The number of nitrogens with one attached hydrogen (secondary N) is 1. The number of carbonyl (C=O) groups excluding carboxylic acids is 1. The van der Waals surface area contributed by atoms with Crippen molar-refractivity contribution in [2.75, 3.05) is 0 Å². The van der Waals surface area contributed by atoms with Crippen LogP contribution in [0.1, 0.15) is 13.8 Å². The molecule has 0 spiro atoms. The number of amides is 1. The fourth-order valence-electron chi connectivity index (χ4n) is 1.53. The van der Waals surface area contributed by atoms with Crippen molar-refractivity contribution in [1.82, 2.24) is 5.32 Å². The molecule has 0 radical (unpaired) electrons. The summed E-state index contributed by atoms with van der Waals surface area (Å²) in [6.45, 7) is 3.01. The first-order chi connectivity index (χ1) is 5.95. The zero-order valence-electron chi connectivity index (χ0n) is 7.52. The third kappa shape index (κ3) is 1.65. The van der Waals surface area contributed by atoms with Crippen LogP contribution in [-0.4, -0.2) is 34.2 Å². The van der Waals surface area contributed by atoms with E-state index in [4.69, 9.17) is 5.11 Å². The number of carbonyl (C=O) groups is 2. The molecule has 0 bridgehead atoms. The predicted octanol–water partition coefficient (Wildman–Crippen LogP) is -0.797. The number of carboxylic acids is 1. The van der Waals surface area contributed by atoms with E-state index in [9.17, 15) is 14.7 Å². The Morgan fingerprint density at radius 1 is 1.54 bits per heavy atom. The summed E-state index contributed by atoms with van der Waals surface area (Å²) in [6, 6.07) is -0.440. The quantitative estimate of drug-likeness (QED) is 0.505. The highest BCUT2D eigenvalue weighted by molar-refractivity contribution is 5.88. The van der Waals surface area contributed by atoms with Crippen LogP contribution < -0.4 is 5.32 Å². The van der Waals surface area contributed by atoms with Crippen LogP contribution in [0, 0.1) is 11.8 Å². The number of aliphatic carboxylic acids is 1. The van der Waals surface area contributed by atoms with Gasteiger partial charge in [-0.05, 0) is 13.8 Å². The van der Waals surface area contributed by atoms with E-state index in [1.165, 1.54) is 13.8 Å². The van der Waals surface area contributed by atoms with Crippen LogP contribution in [0.15, 0.2) is 0 Å². The first-order valence-corrected chi connectivity index (χ1v) is 4.16. The summed E-state index contributed by atoms with van der Waals surface area (Å²) in [4.78, 5) is 21.5. The molecule has 4 atom stereocenters. The van der Waals surface area contributed by atoms with E-state index in [-0.39, 0.29) is 5.91 Å². The molecule has 1 aliphatic heterocycles. The largest absolute Gasteiger partial charge is 0.481 e. The van der Waals surface area contributed by atoms with E-state index in [2.05, 4.69) is 5.32 Å². The second kappa shape index (κ2) is 3.33. The van der Waals surface area contributed by atoms with Crippen LogP contribution in [0.2, 0.25) is 0 Å². The number of hydrogen-bond acceptors (Lipinski definition) is 3.